The lowest BCUT2D eigenvalue weighted by Gasteiger charge is -2.25. The van der Waals surface area contributed by atoms with Crippen LogP contribution in [0.1, 0.15) is 61.2 Å². The van der Waals surface area contributed by atoms with E-state index in [1.165, 1.54) is 33.8 Å². The summed E-state index contributed by atoms with van der Waals surface area (Å²) in [6.07, 6.45) is 3.46. The number of aryl methyl sites for hydroxylation is 2. The van der Waals surface area contributed by atoms with E-state index in [4.69, 9.17) is 14.2 Å². The number of anilines is 2. The lowest BCUT2D eigenvalue weighted by molar-refractivity contribution is 0.0594. The molecule has 0 saturated heterocycles. The van der Waals surface area contributed by atoms with Crippen LogP contribution in [0.4, 0.5) is 11.4 Å². The Hall–Kier alpha value is -6.84. The number of pyridine rings is 2. The zero-order chi connectivity index (χ0) is 38.4. The molecule has 1 aliphatic rings. The van der Waals surface area contributed by atoms with Crippen LogP contribution < -0.4 is 25.4 Å². The zero-order valence-electron chi connectivity index (χ0n) is 30.4. The number of fused-ring (bicyclic) bond motifs is 2. The fraction of sp³-hybridized carbons (Fsp3) is 0.263. The summed E-state index contributed by atoms with van der Waals surface area (Å²) in [5.74, 6) is -0.808. The Bertz CT molecular complexity index is 2360. The number of aromatic nitrogens is 6. The summed E-state index contributed by atoms with van der Waals surface area (Å²) < 4.78 is 18.1. The van der Waals surface area contributed by atoms with E-state index in [1.54, 1.807) is 41.7 Å². The Kier molecular flexibility index (Phi) is 11.1. The highest BCUT2D eigenvalue weighted by Gasteiger charge is 2.24. The average Bonchev–Trinajstić information content (AvgIpc) is 3.70. The molecule has 3 amide bonds. The van der Waals surface area contributed by atoms with Crippen molar-refractivity contribution >= 4 is 56.9 Å². The highest BCUT2D eigenvalue weighted by molar-refractivity contribution is 6.14. The molecule has 54 heavy (non-hydrogen) atoms. The number of amides is 3. The van der Waals surface area contributed by atoms with E-state index in [-0.39, 0.29) is 34.6 Å². The molecule has 1 fully saturated rings. The molecule has 4 aromatic heterocycles. The van der Waals surface area contributed by atoms with Crippen LogP contribution in [0.15, 0.2) is 72.8 Å². The van der Waals surface area contributed by atoms with Crippen molar-refractivity contribution in [1.82, 2.24) is 34.8 Å². The van der Waals surface area contributed by atoms with Gasteiger partial charge in [-0.05, 0) is 43.0 Å². The van der Waals surface area contributed by atoms with Gasteiger partial charge in [0.15, 0.2) is 22.8 Å². The number of hydrogen-bond acceptors (Lipinski definition) is 11. The Morgan fingerprint density at radius 3 is 1.59 bits per heavy atom. The van der Waals surface area contributed by atoms with Gasteiger partial charge in [0.05, 0.1) is 43.7 Å². The van der Waals surface area contributed by atoms with E-state index in [9.17, 15) is 19.2 Å². The van der Waals surface area contributed by atoms with E-state index < -0.39 is 17.8 Å². The Morgan fingerprint density at radius 2 is 1.13 bits per heavy atom. The van der Waals surface area contributed by atoms with Gasteiger partial charge in [-0.2, -0.15) is 10.2 Å². The minimum atomic E-state index is -0.680. The first-order valence-corrected chi connectivity index (χ1v) is 17.0. The smallest absolute Gasteiger partial charge is 0.358 e. The second-order valence-electron chi connectivity index (χ2n) is 12.4. The van der Waals surface area contributed by atoms with Crippen molar-refractivity contribution in [3.8, 4) is 11.8 Å². The maximum atomic E-state index is 12.9. The molecule has 0 unspecified atom stereocenters. The minimum Gasteiger partial charge on any atom is -0.481 e. The quantitative estimate of drug-likeness (QED) is 0.164. The van der Waals surface area contributed by atoms with Crippen molar-refractivity contribution in [3.05, 3.63) is 95.6 Å². The molecule has 4 heterocycles. The first-order valence-electron chi connectivity index (χ1n) is 17.0. The third kappa shape index (κ3) is 7.81. The predicted molar refractivity (Wildman–Crippen MR) is 200 cm³/mol. The third-order valence-electron chi connectivity index (χ3n) is 8.97. The summed E-state index contributed by atoms with van der Waals surface area (Å²) in [6.45, 7) is 0.607. The van der Waals surface area contributed by atoms with Crippen molar-refractivity contribution in [3.63, 3.8) is 0 Å². The summed E-state index contributed by atoms with van der Waals surface area (Å²) in [6, 6.07) is 21.2. The molecule has 2 aromatic carbocycles. The van der Waals surface area contributed by atoms with Crippen LogP contribution >= 0.6 is 0 Å². The van der Waals surface area contributed by atoms with E-state index in [1.807, 2.05) is 48.5 Å². The Balaban J connectivity index is 0.000000186. The van der Waals surface area contributed by atoms with E-state index in [0.717, 1.165) is 29.3 Å². The van der Waals surface area contributed by atoms with Crippen molar-refractivity contribution in [2.24, 2.45) is 20.0 Å². The van der Waals surface area contributed by atoms with Gasteiger partial charge >= 0.3 is 5.97 Å². The number of para-hydroxylation sites is 2. The number of methoxy groups -OCH3 is 3. The number of ether oxygens (including phenoxy) is 3. The standard InChI is InChI=1S/C21H23N5O3.C17H16N4O4/c1-26-16-9-4-3-8-14(16)18(25-26)21(28)23-15-10-11-17(29-2)24-19(15)20(27)22-12-13-6-5-7-13;1-21-12-7-5-4-6-10(12)14(20-21)16(22)18-11-8-9-13(24-2)19-15(11)17(23)25-3/h3-4,8-11,13H,5-7,12H2,1-2H3,(H,22,27)(H,23,28);4-9H,1-3H3,(H,18,22). The SMILES string of the molecule is COC(=O)c1nc(OC)ccc1NC(=O)c1nn(C)c2ccccc12.COc1ccc(NC(=O)c2nn(C)c3ccccc23)c(C(=O)NCC2CCC2)n1. The zero-order valence-corrected chi connectivity index (χ0v) is 30.4. The maximum absolute atomic E-state index is 12.9. The number of benzene rings is 2. The molecule has 7 rings (SSSR count). The minimum absolute atomic E-state index is 0.0459. The second kappa shape index (κ2) is 16.2. The van der Waals surface area contributed by atoms with Gasteiger partial charge in [-0.15, -0.1) is 0 Å². The van der Waals surface area contributed by atoms with Gasteiger partial charge in [0.25, 0.3) is 17.7 Å². The first kappa shape index (κ1) is 36.9. The molecular weight excluding hydrogens is 694 g/mol. The van der Waals surface area contributed by atoms with E-state index in [0.29, 0.717) is 35.1 Å². The second-order valence-corrected chi connectivity index (χ2v) is 12.4. The number of carbonyl (C=O) groups excluding carboxylic acids is 4. The molecule has 6 aromatic rings. The van der Waals surface area contributed by atoms with Gasteiger partial charge in [0.1, 0.15) is 0 Å². The number of rotatable bonds is 10. The highest BCUT2D eigenvalue weighted by Crippen LogP contribution is 2.27. The fourth-order valence-corrected chi connectivity index (χ4v) is 5.88. The van der Waals surface area contributed by atoms with Crippen LogP contribution in [-0.2, 0) is 18.8 Å². The number of esters is 1. The van der Waals surface area contributed by atoms with Gasteiger partial charge < -0.3 is 30.2 Å². The third-order valence-corrected chi connectivity index (χ3v) is 8.97. The van der Waals surface area contributed by atoms with Crippen molar-refractivity contribution in [2.45, 2.75) is 19.3 Å². The Morgan fingerprint density at radius 1 is 0.648 bits per heavy atom. The van der Waals surface area contributed by atoms with Crippen LogP contribution in [-0.4, -0.2) is 81.1 Å². The molecule has 0 radical (unpaired) electrons. The molecule has 16 nitrogen and oxygen atoms in total. The van der Waals surface area contributed by atoms with Gasteiger partial charge in [-0.1, -0.05) is 42.8 Å². The van der Waals surface area contributed by atoms with Crippen LogP contribution in [0, 0.1) is 5.92 Å². The van der Waals surface area contributed by atoms with Crippen LogP contribution in [0.2, 0.25) is 0 Å². The largest absolute Gasteiger partial charge is 0.481 e. The fourth-order valence-electron chi connectivity index (χ4n) is 5.88. The monoisotopic (exact) mass is 733 g/mol. The molecule has 3 N–H and O–H groups in total. The summed E-state index contributed by atoms with van der Waals surface area (Å²) in [4.78, 5) is 58.5. The van der Waals surface area contributed by atoms with Crippen molar-refractivity contribution in [2.75, 3.05) is 38.5 Å². The van der Waals surface area contributed by atoms with Gasteiger partial charge in [0, 0.05) is 43.5 Å². The van der Waals surface area contributed by atoms with Gasteiger partial charge in [-0.25, -0.2) is 14.8 Å². The van der Waals surface area contributed by atoms with Crippen molar-refractivity contribution < 1.29 is 33.4 Å². The molecule has 0 aliphatic heterocycles. The maximum Gasteiger partial charge on any atom is 0.358 e. The number of nitrogens with zero attached hydrogens (tertiary/aromatic N) is 6. The van der Waals surface area contributed by atoms with Gasteiger partial charge in [0.2, 0.25) is 11.8 Å². The molecular formula is C38H39N9O7. The molecule has 278 valence electrons. The van der Waals surface area contributed by atoms with Crippen LogP contribution in [0.3, 0.4) is 0 Å². The summed E-state index contributed by atoms with van der Waals surface area (Å²) in [5, 5.41) is 18.4. The summed E-state index contributed by atoms with van der Waals surface area (Å²) in [7, 11) is 7.70. The first-order chi connectivity index (χ1) is 26.1. The molecule has 1 saturated carbocycles. The highest BCUT2D eigenvalue weighted by atomic mass is 16.5. The summed E-state index contributed by atoms with van der Waals surface area (Å²) in [5.41, 5.74) is 2.83. The van der Waals surface area contributed by atoms with Crippen molar-refractivity contribution in [1.29, 1.82) is 0 Å². The van der Waals surface area contributed by atoms with Crippen LogP contribution in [0.5, 0.6) is 11.8 Å². The average molecular weight is 734 g/mol. The Labute approximate surface area is 309 Å². The van der Waals surface area contributed by atoms with Crippen LogP contribution in [0.25, 0.3) is 21.8 Å². The number of hydrogen-bond donors (Lipinski definition) is 3. The van der Waals surface area contributed by atoms with E-state index in [2.05, 4.69) is 36.1 Å². The normalized spacial score (nSPS) is 12.2. The lowest BCUT2D eigenvalue weighted by Crippen LogP contribution is -2.33. The lowest BCUT2D eigenvalue weighted by atomic mass is 9.85. The molecule has 0 spiro atoms. The molecule has 0 atom stereocenters. The molecule has 0 bridgehead atoms. The molecule has 16 heteroatoms. The summed E-state index contributed by atoms with van der Waals surface area (Å²) >= 11 is 0. The van der Waals surface area contributed by atoms with E-state index >= 15 is 0 Å². The number of nitrogens with one attached hydrogen (secondary N) is 3. The molecule has 1 aliphatic carbocycles. The predicted octanol–water partition coefficient (Wildman–Crippen LogP) is 4.77. The van der Waals surface area contributed by atoms with Gasteiger partial charge in [-0.3, -0.25) is 23.7 Å². The number of carbonyl (C=O) groups is 4. The topological polar surface area (TPSA) is 193 Å².